The lowest BCUT2D eigenvalue weighted by atomic mass is 10.1. The van der Waals surface area contributed by atoms with E-state index < -0.39 is 0 Å². The number of hydrogen-bond donors (Lipinski definition) is 2. The van der Waals surface area contributed by atoms with Gasteiger partial charge in [0.1, 0.15) is 5.75 Å². The number of rotatable bonds is 6. The lowest BCUT2D eigenvalue weighted by molar-refractivity contribution is 0.0961. The van der Waals surface area contributed by atoms with Gasteiger partial charge >= 0.3 is 0 Å². The standard InChI is InChI=1S/C18H20N2O3/c1-3-11-23-16-9-7-13(8-10-16)18(22)20-15-6-4-5-14(12-15)17(21)19-2/h4-10,12H,3,11H2,1-2H3,(H,19,21)(H,20,22). The molecule has 0 aliphatic rings. The zero-order valence-electron chi connectivity index (χ0n) is 13.3. The van der Waals surface area contributed by atoms with Gasteiger partial charge in [-0.15, -0.1) is 0 Å². The zero-order chi connectivity index (χ0) is 16.7. The van der Waals surface area contributed by atoms with E-state index in [0.29, 0.717) is 23.4 Å². The first-order valence-electron chi connectivity index (χ1n) is 7.50. The average Bonchev–Trinajstić information content (AvgIpc) is 2.59. The minimum atomic E-state index is -0.235. The van der Waals surface area contributed by atoms with Crippen molar-refractivity contribution in [1.29, 1.82) is 0 Å². The predicted octanol–water partition coefficient (Wildman–Crippen LogP) is 3.09. The van der Waals surface area contributed by atoms with Gasteiger partial charge < -0.3 is 15.4 Å². The minimum Gasteiger partial charge on any atom is -0.494 e. The zero-order valence-corrected chi connectivity index (χ0v) is 13.3. The summed E-state index contributed by atoms with van der Waals surface area (Å²) in [5.74, 6) is 0.310. The molecule has 0 spiro atoms. The van der Waals surface area contributed by atoms with Gasteiger partial charge in [0.25, 0.3) is 11.8 Å². The second-order valence-electron chi connectivity index (χ2n) is 4.99. The summed E-state index contributed by atoms with van der Waals surface area (Å²) in [5.41, 5.74) is 1.59. The first kappa shape index (κ1) is 16.5. The van der Waals surface area contributed by atoms with Crippen LogP contribution in [-0.4, -0.2) is 25.5 Å². The number of amides is 2. The van der Waals surface area contributed by atoms with E-state index in [1.54, 1.807) is 55.6 Å². The van der Waals surface area contributed by atoms with Gasteiger partial charge in [-0.2, -0.15) is 0 Å². The van der Waals surface area contributed by atoms with E-state index in [1.165, 1.54) is 0 Å². The number of carbonyl (C=O) groups is 2. The third kappa shape index (κ3) is 4.57. The molecule has 120 valence electrons. The Labute approximate surface area is 135 Å². The summed E-state index contributed by atoms with van der Waals surface area (Å²) >= 11 is 0. The molecule has 0 saturated carbocycles. The molecular weight excluding hydrogens is 292 g/mol. The van der Waals surface area contributed by atoms with Crippen LogP contribution < -0.4 is 15.4 Å². The molecule has 0 unspecified atom stereocenters. The maximum Gasteiger partial charge on any atom is 0.255 e. The molecule has 0 heterocycles. The molecular formula is C18H20N2O3. The van der Waals surface area contributed by atoms with Crippen LogP contribution in [0.5, 0.6) is 5.75 Å². The summed E-state index contributed by atoms with van der Waals surface area (Å²) in [7, 11) is 1.57. The van der Waals surface area contributed by atoms with Crippen LogP contribution in [0.1, 0.15) is 34.1 Å². The van der Waals surface area contributed by atoms with Crippen LogP contribution in [0.4, 0.5) is 5.69 Å². The Balaban J connectivity index is 2.05. The maximum absolute atomic E-state index is 12.2. The number of ether oxygens (including phenoxy) is 1. The summed E-state index contributed by atoms with van der Waals surface area (Å²) in [6.45, 7) is 2.69. The van der Waals surface area contributed by atoms with Crippen molar-refractivity contribution in [2.75, 3.05) is 19.0 Å². The molecule has 2 aromatic rings. The molecule has 0 radical (unpaired) electrons. The summed E-state index contributed by atoms with van der Waals surface area (Å²) in [5, 5.41) is 5.33. The first-order valence-corrected chi connectivity index (χ1v) is 7.50. The van der Waals surface area contributed by atoms with Gasteiger partial charge in [0.05, 0.1) is 6.61 Å². The van der Waals surface area contributed by atoms with Crippen LogP contribution in [0.15, 0.2) is 48.5 Å². The molecule has 2 N–H and O–H groups in total. The number of benzene rings is 2. The molecule has 23 heavy (non-hydrogen) atoms. The summed E-state index contributed by atoms with van der Waals surface area (Å²) in [6.07, 6.45) is 0.934. The molecule has 0 aliphatic heterocycles. The summed E-state index contributed by atoms with van der Waals surface area (Å²) in [4.78, 5) is 23.8. The molecule has 0 aliphatic carbocycles. The Morgan fingerprint density at radius 1 is 1.00 bits per heavy atom. The second-order valence-corrected chi connectivity index (χ2v) is 4.99. The monoisotopic (exact) mass is 312 g/mol. The van der Waals surface area contributed by atoms with E-state index in [0.717, 1.165) is 12.2 Å². The highest BCUT2D eigenvalue weighted by Gasteiger charge is 2.08. The van der Waals surface area contributed by atoms with Crippen molar-refractivity contribution in [1.82, 2.24) is 5.32 Å². The third-order valence-electron chi connectivity index (χ3n) is 3.20. The first-order chi connectivity index (χ1) is 11.1. The number of carbonyl (C=O) groups excluding carboxylic acids is 2. The van der Waals surface area contributed by atoms with Crippen LogP contribution in [0.3, 0.4) is 0 Å². The fourth-order valence-corrected chi connectivity index (χ4v) is 2.01. The van der Waals surface area contributed by atoms with Crippen LogP contribution in [0.2, 0.25) is 0 Å². The summed E-state index contributed by atoms with van der Waals surface area (Å²) < 4.78 is 5.49. The van der Waals surface area contributed by atoms with Gasteiger partial charge in [-0.05, 0) is 48.9 Å². The van der Waals surface area contributed by atoms with Crippen LogP contribution in [0, 0.1) is 0 Å². The normalized spacial score (nSPS) is 10.0. The molecule has 2 rings (SSSR count). The quantitative estimate of drug-likeness (QED) is 0.861. The van der Waals surface area contributed by atoms with E-state index in [2.05, 4.69) is 10.6 Å². The highest BCUT2D eigenvalue weighted by atomic mass is 16.5. The van der Waals surface area contributed by atoms with Gasteiger partial charge in [-0.3, -0.25) is 9.59 Å². The van der Waals surface area contributed by atoms with E-state index in [9.17, 15) is 9.59 Å². The highest BCUT2D eigenvalue weighted by molar-refractivity contribution is 6.05. The lowest BCUT2D eigenvalue weighted by Gasteiger charge is -2.08. The third-order valence-corrected chi connectivity index (χ3v) is 3.20. The fourth-order valence-electron chi connectivity index (χ4n) is 2.01. The topological polar surface area (TPSA) is 67.4 Å². The molecule has 0 saturated heterocycles. The van der Waals surface area contributed by atoms with Crippen molar-refractivity contribution in [2.24, 2.45) is 0 Å². The Bertz CT molecular complexity index is 681. The smallest absolute Gasteiger partial charge is 0.255 e. The van der Waals surface area contributed by atoms with Crippen molar-refractivity contribution in [3.05, 3.63) is 59.7 Å². The van der Waals surface area contributed by atoms with E-state index in [-0.39, 0.29) is 11.8 Å². The van der Waals surface area contributed by atoms with Crippen molar-refractivity contribution in [3.63, 3.8) is 0 Å². The summed E-state index contributed by atoms with van der Waals surface area (Å²) in [6, 6.07) is 13.7. The molecule has 0 atom stereocenters. The fraction of sp³-hybridized carbons (Fsp3) is 0.222. The van der Waals surface area contributed by atoms with Gasteiger partial charge in [-0.1, -0.05) is 13.0 Å². The van der Waals surface area contributed by atoms with Gasteiger partial charge in [0.15, 0.2) is 0 Å². The molecule has 5 nitrogen and oxygen atoms in total. The molecule has 5 heteroatoms. The molecule has 2 amide bonds. The highest BCUT2D eigenvalue weighted by Crippen LogP contribution is 2.15. The van der Waals surface area contributed by atoms with Crippen LogP contribution in [0.25, 0.3) is 0 Å². The number of nitrogens with one attached hydrogen (secondary N) is 2. The van der Waals surface area contributed by atoms with E-state index in [4.69, 9.17) is 4.74 Å². The minimum absolute atomic E-state index is 0.196. The Morgan fingerprint density at radius 3 is 2.39 bits per heavy atom. The van der Waals surface area contributed by atoms with Crippen LogP contribution in [-0.2, 0) is 0 Å². The Hall–Kier alpha value is -2.82. The second kappa shape index (κ2) is 7.98. The molecule has 2 aromatic carbocycles. The van der Waals surface area contributed by atoms with E-state index in [1.807, 2.05) is 6.92 Å². The van der Waals surface area contributed by atoms with Crippen LogP contribution >= 0.6 is 0 Å². The predicted molar refractivity (Wildman–Crippen MR) is 90.0 cm³/mol. The number of hydrogen-bond acceptors (Lipinski definition) is 3. The van der Waals surface area contributed by atoms with Crippen molar-refractivity contribution >= 4 is 17.5 Å². The van der Waals surface area contributed by atoms with Crippen molar-refractivity contribution in [3.8, 4) is 5.75 Å². The molecule has 0 aromatic heterocycles. The molecule has 0 bridgehead atoms. The molecule has 0 fully saturated rings. The Morgan fingerprint density at radius 2 is 1.74 bits per heavy atom. The van der Waals surface area contributed by atoms with Crippen molar-refractivity contribution in [2.45, 2.75) is 13.3 Å². The SMILES string of the molecule is CCCOc1ccc(C(=O)Nc2cccc(C(=O)NC)c2)cc1. The van der Waals surface area contributed by atoms with E-state index >= 15 is 0 Å². The largest absolute Gasteiger partial charge is 0.494 e. The lowest BCUT2D eigenvalue weighted by Crippen LogP contribution is -2.18. The van der Waals surface area contributed by atoms with Crippen molar-refractivity contribution < 1.29 is 14.3 Å². The van der Waals surface area contributed by atoms with Gasteiger partial charge in [0.2, 0.25) is 0 Å². The average molecular weight is 312 g/mol. The number of anilines is 1. The maximum atomic E-state index is 12.2. The Kier molecular flexibility index (Phi) is 5.74. The van der Waals surface area contributed by atoms with Gasteiger partial charge in [0, 0.05) is 23.9 Å². The van der Waals surface area contributed by atoms with Gasteiger partial charge in [-0.25, -0.2) is 0 Å².